The monoisotopic (exact) mass is 284 g/mol. The molecule has 5 heteroatoms. The Hall–Kier alpha value is -2.14. The van der Waals surface area contributed by atoms with E-state index < -0.39 is 0 Å². The number of carbonyl (C=O) groups is 1. The number of rotatable bonds is 2. The van der Waals surface area contributed by atoms with Crippen molar-refractivity contribution in [3.63, 3.8) is 0 Å². The Kier molecular flexibility index (Phi) is 4.01. The Balaban J connectivity index is 1.75. The Morgan fingerprint density at radius 3 is 2.71 bits per heavy atom. The van der Waals surface area contributed by atoms with Crippen LogP contribution in [0.3, 0.4) is 0 Å². The van der Waals surface area contributed by atoms with E-state index in [-0.39, 0.29) is 5.91 Å². The van der Waals surface area contributed by atoms with Crippen LogP contribution in [0.2, 0.25) is 0 Å². The molecule has 1 amide bonds. The van der Waals surface area contributed by atoms with Crippen molar-refractivity contribution in [2.45, 2.75) is 13.3 Å². The van der Waals surface area contributed by atoms with Gasteiger partial charge in [0.2, 0.25) is 0 Å². The van der Waals surface area contributed by atoms with Crippen molar-refractivity contribution >= 4 is 5.91 Å². The molecule has 0 unspecified atom stereocenters. The number of hydrogen-bond acceptors (Lipinski definition) is 3. The smallest absolute Gasteiger partial charge is 0.253 e. The van der Waals surface area contributed by atoms with Crippen molar-refractivity contribution in [3.05, 3.63) is 47.8 Å². The number of aryl methyl sites for hydroxylation is 1. The zero-order valence-corrected chi connectivity index (χ0v) is 12.2. The average molecular weight is 284 g/mol. The molecule has 0 aliphatic carbocycles. The van der Waals surface area contributed by atoms with Gasteiger partial charge in [-0.2, -0.15) is 5.10 Å². The summed E-state index contributed by atoms with van der Waals surface area (Å²) >= 11 is 0. The van der Waals surface area contributed by atoms with Gasteiger partial charge in [-0.15, -0.1) is 0 Å². The van der Waals surface area contributed by atoms with Crippen LogP contribution in [-0.4, -0.2) is 46.8 Å². The predicted octanol–water partition coefficient (Wildman–Crippen LogP) is 1.62. The van der Waals surface area contributed by atoms with Crippen molar-refractivity contribution in [2.24, 2.45) is 0 Å². The van der Waals surface area contributed by atoms with Gasteiger partial charge in [0.25, 0.3) is 5.91 Å². The molecule has 1 aromatic heterocycles. The maximum Gasteiger partial charge on any atom is 0.253 e. The van der Waals surface area contributed by atoms with Crippen LogP contribution >= 0.6 is 0 Å². The maximum absolute atomic E-state index is 12.5. The van der Waals surface area contributed by atoms with Gasteiger partial charge in [-0.25, -0.2) is 4.68 Å². The number of amides is 1. The van der Waals surface area contributed by atoms with Crippen LogP contribution in [0.5, 0.6) is 0 Å². The molecule has 0 bridgehead atoms. The van der Waals surface area contributed by atoms with Crippen LogP contribution in [0.4, 0.5) is 0 Å². The molecule has 1 aliphatic heterocycles. The van der Waals surface area contributed by atoms with Gasteiger partial charge in [0, 0.05) is 31.4 Å². The molecule has 2 heterocycles. The van der Waals surface area contributed by atoms with Crippen LogP contribution in [0.25, 0.3) is 5.69 Å². The minimum Gasteiger partial charge on any atom is -0.337 e. The van der Waals surface area contributed by atoms with Crippen molar-refractivity contribution in [1.29, 1.82) is 0 Å². The van der Waals surface area contributed by atoms with E-state index in [9.17, 15) is 4.79 Å². The molecule has 0 saturated carbocycles. The number of nitrogens with zero attached hydrogens (tertiary/aromatic N) is 3. The first kappa shape index (κ1) is 13.8. The van der Waals surface area contributed by atoms with Crippen molar-refractivity contribution in [1.82, 2.24) is 20.0 Å². The van der Waals surface area contributed by atoms with E-state index in [1.54, 1.807) is 0 Å². The summed E-state index contributed by atoms with van der Waals surface area (Å²) in [4.78, 5) is 14.4. The van der Waals surface area contributed by atoms with E-state index in [2.05, 4.69) is 10.4 Å². The Labute approximate surface area is 124 Å². The van der Waals surface area contributed by atoms with E-state index in [4.69, 9.17) is 0 Å². The summed E-state index contributed by atoms with van der Waals surface area (Å²) in [5.41, 5.74) is 2.83. The molecule has 1 aliphatic rings. The van der Waals surface area contributed by atoms with Crippen LogP contribution in [0, 0.1) is 6.92 Å². The van der Waals surface area contributed by atoms with E-state index >= 15 is 0 Å². The van der Waals surface area contributed by atoms with Gasteiger partial charge in [-0.3, -0.25) is 4.79 Å². The summed E-state index contributed by atoms with van der Waals surface area (Å²) in [5.74, 6) is 0.113. The van der Waals surface area contributed by atoms with Gasteiger partial charge in [0.1, 0.15) is 0 Å². The Morgan fingerprint density at radius 2 is 2.00 bits per heavy atom. The Bertz CT molecular complexity index is 609. The van der Waals surface area contributed by atoms with Gasteiger partial charge in [-0.1, -0.05) is 0 Å². The zero-order chi connectivity index (χ0) is 14.7. The number of carbonyl (C=O) groups excluding carboxylic acids is 1. The third-order valence-electron chi connectivity index (χ3n) is 3.72. The summed E-state index contributed by atoms with van der Waals surface area (Å²) < 4.78 is 1.82. The average Bonchev–Trinajstić information content (AvgIpc) is 2.77. The molecular formula is C16H20N4O. The lowest BCUT2D eigenvalue weighted by Gasteiger charge is -2.20. The molecule has 1 saturated heterocycles. The van der Waals surface area contributed by atoms with Crippen LogP contribution in [0.15, 0.2) is 36.7 Å². The molecule has 3 rings (SSSR count). The molecule has 110 valence electrons. The second-order valence-corrected chi connectivity index (χ2v) is 5.40. The summed E-state index contributed by atoms with van der Waals surface area (Å²) in [6.07, 6.45) is 4.80. The van der Waals surface area contributed by atoms with E-state index in [0.717, 1.165) is 49.4 Å². The maximum atomic E-state index is 12.5. The second-order valence-electron chi connectivity index (χ2n) is 5.40. The van der Waals surface area contributed by atoms with Crippen molar-refractivity contribution in [3.8, 4) is 5.69 Å². The SMILES string of the molecule is Cc1cnn(-c2ccc(C(=O)N3CCCNCC3)cc2)c1. The summed E-state index contributed by atoms with van der Waals surface area (Å²) in [6, 6.07) is 7.64. The molecule has 0 atom stereocenters. The van der Waals surface area contributed by atoms with Gasteiger partial charge in [0.15, 0.2) is 0 Å². The van der Waals surface area contributed by atoms with Crippen LogP contribution in [-0.2, 0) is 0 Å². The van der Waals surface area contributed by atoms with Gasteiger partial charge in [0.05, 0.1) is 11.9 Å². The lowest BCUT2D eigenvalue weighted by atomic mass is 10.1. The molecule has 2 aromatic rings. The molecule has 5 nitrogen and oxygen atoms in total. The molecule has 0 spiro atoms. The summed E-state index contributed by atoms with van der Waals surface area (Å²) in [5, 5.41) is 7.59. The highest BCUT2D eigenvalue weighted by Crippen LogP contribution is 2.12. The lowest BCUT2D eigenvalue weighted by molar-refractivity contribution is 0.0766. The molecular weight excluding hydrogens is 264 g/mol. The third-order valence-corrected chi connectivity index (χ3v) is 3.72. The highest BCUT2D eigenvalue weighted by Gasteiger charge is 2.16. The Morgan fingerprint density at radius 1 is 1.19 bits per heavy atom. The fourth-order valence-corrected chi connectivity index (χ4v) is 2.54. The second kappa shape index (κ2) is 6.10. The quantitative estimate of drug-likeness (QED) is 0.911. The first-order chi connectivity index (χ1) is 10.2. The van der Waals surface area contributed by atoms with Gasteiger partial charge >= 0.3 is 0 Å². The van der Waals surface area contributed by atoms with Crippen molar-refractivity contribution < 1.29 is 4.79 Å². The minimum absolute atomic E-state index is 0.113. The van der Waals surface area contributed by atoms with Crippen LogP contribution < -0.4 is 5.32 Å². The predicted molar refractivity (Wildman–Crippen MR) is 81.7 cm³/mol. The first-order valence-electron chi connectivity index (χ1n) is 7.36. The largest absolute Gasteiger partial charge is 0.337 e. The fraction of sp³-hybridized carbons (Fsp3) is 0.375. The lowest BCUT2D eigenvalue weighted by Crippen LogP contribution is -2.34. The number of aromatic nitrogens is 2. The fourth-order valence-electron chi connectivity index (χ4n) is 2.54. The first-order valence-corrected chi connectivity index (χ1v) is 7.36. The van der Waals surface area contributed by atoms with Gasteiger partial charge < -0.3 is 10.2 Å². The molecule has 1 aromatic carbocycles. The third kappa shape index (κ3) is 3.13. The molecule has 1 N–H and O–H groups in total. The van der Waals surface area contributed by atoms with E-state index in [0.29, 0.717) is 0 Å². The molecule has 0 radical (unpaired) electrons. The standard InChI is InChI=1S/C16H20N4O/c1-13-11-18-20(12-13)15-5-3-14(4-6-15)16(21)19-9-2-7-17-8-10-19/h3-6,11-12,17H,2,7-10H2,1H3. The number of hydrogen-bond donors (Lipinski definition) is 1. The van der Waals surface area contributed by atoms with E-state index in [1.165, 1.54) is 0 Å². The number of benzene rings is 1. The highest BCUT2D eigenvalue weighted by atomic mass is 16.2. The van der Waals surface area contributed by atoms with Crippen LogP contribution in [0.1, 0.15) is 22.3 Å². The minimum atomic E-state index is 0.113. The zero-order valence-electron chi connectivity index (χ0n) is 12.2. The van der Waals surface area contributed by atoms with E-state index in [1.807, 2.05) is 53.2 Å². The topological polar surface area (TPSA) is 50.2 Å². The number of nitrogens with one attached hydrogen (secondary N) is 1. The summed E-state index contributed by atoms with van der Waals surface area (Å²) in [6.45, 7) is 5.47. The molecule has 21 heavy (non-hydrogen) atoms. The van der Waals surface area contributed by atoms with Gasteiger partial charge in [-0.05, 0) is 49.7 Å². The summed E-state index contributed by atoms with van der Waals surface area (Å²) in [7, 11) is 0. The van der Waals surface area contributed by atoms with Crippen molar-refractivity contribution in [2.75, 3.05) is 26.2 Å². The molecule has 1 fully saturated rings. The normalized spacial score (nSPS) is 15.8. The highest BCUT2D eigenvalue weighted by molar-refractivity contribution is 5.94.